The minimum Gasteiger partial charge on any atom is -0.490 e. The number of hydrogen-bond acceptors (Lipinski definition) is 6. The Kier molecular flexibility index (Phi) is 7.51. The molecule has 0 atom stereocenters. The summed E-state index contributed by atoms with van der Waals surface area (Å²) in [6, 6.07) is 12.3. The first-order valence-corrected chi connectivity index (χ1v) is 13.0. The SMILES string of the molecule is C=C(C)c1cc(OCC2(SCCC)CC2)c2c(cc(C(=O)NCc3ccc(C#N)cc3)c(=O)n2C)n1. The van der Waals surface area contributed by atoms with Crippen LogP contribution in [0.25, 0.3) is 16.6 Å². The standard InChI is InChI=1S/C28H30N4O3S/c1-5-12-36-28(10-11-28)17-35-24-14-22(18(2)3)31-23-13-21(27(34)32(4)25(23)24)26(33)30-16-20-8-6-19(15-29)7-9-20/h6-9,13-14H,2,5,10-12,16-17H2,1,3-4H3,(H,30,33). The minimum atomic E-state index is -0.486. The quantitative estimate of drug-likeness (QED) is 0.427. The Morgan fingerprint density at radius 2 is 2.03 bits per heavy atom. The molecule has 1 aromatic carbocycles. The van der Waals surface area contributed by atoms with Crippen LogP contribution < -0.4 is 15.6 Å². The van der Waals surface area contributed by atoms with Crippen LogP contribution in [0.15, 0.2) is 47.8 Å². The highest BCUT2D eigenvalue weighted by molar-refractivity contribution is 8.00. The van der Waals surface area contributed by atoms with E-state index in [-0.39, 0.29) is 16.9 Å². The number of nitrogens with zero attached hydrogens (tertiary/aromatic N) is 3. The van der Waals surface area contributed by atoms with Crippen LogP contribution in [0.2, 0.25) is 0 Å². The van der Waals surface area contributed by atoms with Gasteiger partial charge in [-0.3, -0.25) is 9.59 Å². The van der Waals surface area contributed by atoms with Crippen molar-refractivity contribution in [2.75, 3.05) is 12.4 Å². The summed E-state index contributed by atoms with van der Waals surface area (Å²) in [5.74, 6) is 1.18. The fraction of sp³-hybridized carbons (Fsp3) is 0.357. The Morgan fingerprint density at radius 1 is 1.31 bits per heavy atom. The Morgan fingerprint density at radius 3 is 2.64 bits per heavy atom. The summed E-state index contributed by atoms with van der Waals surface area (Å²) >= 11 is 1.95. The molecule has 0 radical (unpaired) electrons. The van der Waals surface area contributed by atoms with Crippen LogP contribution in [0.3, 0.4) is 0 Å². The van der Waals surface area contributed by atoms with Crippen molar-refractivity contribution < 1.29 is 9.53 Å². The monoisotopic (exact) mass is 502 g/mol. The predicted octanol–water partition coefficient (Wildman–Crippen LogP) is 4.82. The van der Waals surface area contributed by atoms with E-state index in [0.717, 1.165) is 36.2 Å². The van der Waals surface area contributed by atoms with E-state index in [1.54, 1.807) is 31.3 Å². The number of nitrogens with one attached hydrogen (secondary N) is 1. The number of ether oxygens (including phenoxy) is 1. The van der Waals surface area contributed by atoms with Crippen molar-refractivity contribution in [3.8, 4) is 11.8 Å². The topological polar surface area (TPSA) is 97.0 Å². The summed E-state index contributed by atoms with van der Waals surface area (Å²) in [5.41, 5.74) is 3.45. The van der Waals surface area contributed by atoms with Crippen molar-refractivity contribution in [2.24, 2.45) is 7.05 Å². The molecule has 1 fully saturated rings. The van der Waals surface area contributed by atoms with Crippen molar-refractivity contribution in [1.29, 1.82) is 5.26 Å². The number of nitriles is 1. The van der Waals surface area contributed by atoms with Crippen LogP contribution in [0.5, 0.6) is 5.75 Å². The molecule has 0 unspecified atom stereocenters. The zero-order valence-electron chi connectivity index (χ0n) is 20.9. The lowest BCUT2D eigenvalue weighted by Crippen LogP contribution is -2.32. The molecule has 1 aliphatic carbocycles. The molecule has 4 rings (SSSR count). The fourth-order valence-corrected chi connectivity index (χ4v) is 5.09. The van der Waals surface area contributed by atoms with Gasteiger partial charge < -0.3 is 14.6 Å². The van der Waals surface area contributed by atoms with Gasteiger partial charge in [0.2, 0.25) is 0 Å². The highest BCUT2D eigenvalue weighted by Gasteiger charge is 2.44. The molecule has 1 saturated carbocycles. The Balaban J connectivity index is 1.64. The second kappa shape index (κ2) is 10.6. The number of hydrogen-bond donors (Lipinski definition) is 1. The summed E-state index contributed by atoms with van der Waals surface area (Å²) in [7, 11) is 1.63. The van der Waals surface area contributed by atoms with Gasteiger partial charge in [0.05, 0.1) is 27.6 Å². The molecule has 2 aromatic heterocycles. The Bertz CT molecular complexity index is 1420. The zero-order chi connectivity index (χ0) is 25.9. The lowest BCUT2D eigenvalue weighted by Gasteiger charge is -2.19. The van der Waals surface area contributed by atoms with E-state index in [0.29, 0.717) is 34.6 Å². The Labute approximate surface area is 215 Å². The van der Waals surface area contributed by atoms with Crippen molar-refractivity contribution >= 4 is 34.3 Å². The molecule has 8 heteroatoms. The second-order valence-electron chi connectivity index (χ2n) is 9.25. The average molecular weight is 503 g/mol. The predicted molar refractivity (Wildman–Crippen MR) is 144 cm³/mol. The van der Waals surface area contributed by atoms with Crippen LogP contribution >= 0.6 is 11.8 Å². The van der Waals surface area contributed by atoms with Gasteiger partial charge in [0.1, 0.15) is 23.4 Å². The van der Waals surface area contributed by atoms with Gasteiger partial charge in [0, 0.05) is 19.7 Å². The van der Waals surface area contributed by atoms with Crippen molar-refractivity contribution in [3.63, 3.8) is 0 Å². The molecule has 36 heavy (non-hydrogen) atoms. The van der Waals surface area contributed by atoms with Crippen LogP contribution in [-0.4, -0.2) is 32.6 Å². The van der Waals surface area contributed by atoms with Crippen molar-refractivity contribution in [2.45, 2.75) is 44.4 Å². The van der Waals surface area contributed by atoms with E-state index in [9.17, 15) is 9.59 Å². The number of aromatic nitrogens is 2. The van der Waals surface area contributed by atoms with E-state index in [1.807, 2.05) is 24.8 Å². The Hall–Kier alpha value is -3.57. The molecule has 0 saturated heterocycles. The number of carbonyl (C=O) groups is 1. The number of allylic oxidation sites excluding steroid dienone is 1. The van der Waals surface area contributed by atoms with Gasteiger partial charge in [-0.2, -0.15) is 17.0 Å². The lowest BCUT2D eigenvalue weighted by molar-refractivity contribution is 0.0949. The zero-order valence-corrected chi connectivity index (χ0v) is 21.7. The largest absolute Gasteiger partial charge is 0.490 e. The lowest BCUT2D eigenvalue weighted by atomic mass is 10.1. The first-order valence-electron chi connectivity index (χ1n) is 12.0. The van der Waals surface area contributed by atoms with Gasteiger partial charge in [-0.25, -0.2) is 4.98 Å². The number of amides is 1. The minimum absolute atomic E-state index is 0.00752. The van der Waals surface area contributed by atoms with Gasteiger partial charge >= 0.3 is 0 Å². The summed E-state index contributed by atoms with van der Waals surface area (Å²) in [4.78, 5) is 30.8. The molecule has 1 amide bonds. The average Bonchev–Trinajstić information content (AvgIpc) is 3.66. The summed E-state index contributed by atoms with van der Waals surface area (Å²) in [6.07, 6.45) is 3.36. The number of thioether (sulfide) groups is 1. The van der Waals surface area contributed by atoms with E-state index in [1.165, 1.54) is 10.6 Å². The van der Waals surface area contributed by atoms with Crippen LogP contribution in [0, 0.1) is 11.3 Å². The third-order valence-electron chi connectivity index (χ3n) is 6.26. The summed E-state index contributed by atoms with van der Waals surface area (Å²) in [5, 5.41) is 11.7. The first-order chi connectivity index (χ1) is 17.3. The fourth-order valence-electron chi connectivity index (χ4n) is 3.92. The van der Waals surface area contributed by atoms with Gasteiger partial charge in [-0.05, 0) is 61.3 Å². The molecular weight excluding hydrogens is 472 g/mol. The second-order valence-corrected chi connectivity index (χ2v) is 10.8. The molecule has 3 aromatic rings. The summed E-state index contributed by atoms with van der Waals surface area (Å²) in [6.45, 7) is 8.85. The normalized spacial score (nSPS) is 13.7. The highest BCUT2D eigenvalue weighted by atomic mass is 32.2. The molecule has 186 valence electrons. The summed E-state index contributed by atoms with van der Waals surface area (Å²) < 4.78 is 7.89. The number of aryl methyl sites for hydroxylation is 1. The van der Waals surface area contributed by atoms with Crippen LogP contribution in [-0.2, 0) is 13.6 Å². The molecule has 1 N–H and O–H groups in total. The van der Waals surface area contributed by atoms with Gasteiger partial charge in [-0.1, -0.05) is 25.6 Å². The maximum absolute atomic E-state index is 13.2. The number of pyridine rings is 2. The van der Waals surface area contributed by atoms with Crippen LogP contribution in [0.4, 0.5) is 0 Å². The highest BCUT2D eigenvalue weighted by Crippen LogP contribution is 2.49. The van der Waals surface area contributed by atoms with Crippen molar-refractivity contribution in [1.82, 2.24) is 14.9 Å². The number of rotatable bonds is 10. The van der Waals surface area contributed by atoms with Gasteiger partial charge in [0.25, 0.3) is 11.5 Å². The molecule has 0 spiro atoms. The number of fused-ring (bicyclic) bond motifs is 1. The van der Waals surface area contributed by atoms with Crippen molar-refractivity contribution in [3.05, 3.63) is 75.7 Å². The molecule has 0 aliphatic heterocycles. The third-order valence-corrected chi connectivity index (χ3v) is 8.02. The van der Waals surface area contributed by atoms with E-state index in [4.69, 9.17) is 10.00 Å². The third kappa shape index (κ3) is 5.47. The number of carbonyl (C=O) groups excluding carboxylic acids is 1. The van der Waals surface area contributed by atoms with E-state index < -0.39 is 11.5 Å². The smallest absolute Gasteiger partial charge is 0.263 e. The maximum atomic E-state index is 13.2. The van der Waals surface area contributed by atoms with Gasteiger partial charge in [-0.15, -0.1) is 0 Å². The molecule has 0 bridgehead atoms. The molecule has 7 nitrogen and oxygen atoms in total. The first kappa shape index (κ1) is 25.5. The van der Waals surface area contributed by atoms with E-state index >= 15 is 0 Å². The van der Waals surface area contributed by atoms with E-state index in [2.05, 4.69) is 29.9 Å². The molecule has 1 aliphatic rings. The molecular formula is C28H30N4O3S. The van der Waals surface area contributed by atoms with Gasteiger partial charge in [0.15, 0.2) is 0 Å². The van der Waals surface area contributed by atoms with Crippen LogP contribution in [0.1, 0.15) is 60.3 Å². The maximum Gasteiger partial charge on any atom is 0.263 e. The molecule has 2 heterocycles. The number of benzene rings is 1.